The van der Waals surface area contributed by atoms with Crippen molar-refractivity contribution in [2.45, 2.75) is 6.92 Å². The second-order valence-corrected chi connectivity index (χ2v) is 4.36. The molecule has 0 aromatic heterocycles. The van der Waals surface area contributed by atoms with Crippen LogP contribution < -0.4 is 16.2 Å². The van der Waals surface area contributed by atoms with Crippen molar-refractivity contribution >= 4 is 23.1 Å². The summed E-state index contributed by atoms with van der Waals surface area (Å²) >= 11 is 0. The molecule has 0 aliphatic rings. The van der Waals surface area contributed by atoms with Gasteiger partial charge in [0.1, 0.15) is 5.75 Å². The van der Waals surface area contributed by atoms with E-state index in [2.05, 4.69) is 0 Å². The number of Topliss-reactive ketones (excluding diaryl/α,β-unsaturated/α-hetero) is 1. The Balaban J connectivity index is 2.16. The third-order valence-corrected chi connectivity index (χ3v) is 2.68. The van der Waals surface area contributed by atoms with Crippen LogP contribution in [0, 0.1) is 0 Å². The number of hydrogen-bond acceptors (Lipinski definition) is 5. The third-order valence-electron chi connectivity index (χ3n) is 2.68. The number of carbonyl (C=O) groups is 2. The maximum atomic E-state index is 11.9. The molecule has 102 valence electrons. The molecule has 0 saturated carbocycles. The molecule has 5 nitrogen and oxygen atoms in total. The normalized spacial score (nSPS) is 10.1. The topological polar surface area (TPSA) is 95.4 Å². The highest BCUT2D eigenvalue weighted by Crippen LogP contribution is 2.18. The Morgan fingerprint density at radius 2 is 1.45 bits per heavy atom. The summed E-state index contributed by atoms with van der Waals surface area (Å²) in [5, 5.41) is 0. The van der Waals surface area contributed by atoms with Gasteiger partial charge >= 0.3 is 5.97 Å². The minimum Gasteiger partial charge on any atom is -0.423 e. The summed E-state index contributed by atoms with van der Waals surface area (Å²) in [7, 11) is 0. The first kappa shape index (κ1) is 13.6. The van der Waals surface area contributed by atoms with Crippen LogP contribution in [-0.4, -0.2) is 11.8 Å². The molecule has 0 aliphatic heterocycles. The van der Waals surface area contributed by atoms with Crippen molar-refractivity contribution in [3.8, 4) is 5.75 Å². The van der Waals surface area contributed by atoms with Crippen LogP contribution in [-0.2, 0) is 0 Å². The average molecular weight is 270 g/mol. The zero-order chi connectivity index (χ0) is 14.7. The predicted octanol–water partition coefficient (Wildman–Crippen LogP) is 2.27. The van der Waals surface area contributed by atoms with Crippen LogP contribution >= 0.6 is 0 Å². The van der Waals surface area contributed by atoms with Crippen LogP contribution in [0.2, 0.25) is 0 Å². The fraction of sp³-hybridized carbons (Fsp3) is 0.0667. The van der Waals surface area contributed by atoms with Crippen molar-refractivity contribution in [1.82, 2.24) is 0 Å². The number of nitrogens with two attached hydrogens (primary N) is 2. The Morgan fingerprint density at radius 3 is 1.95 bits per heavy atom. The van der Waals surface area contributed by atoms with E-state index < -0.39 is 5.97 Å². The quantitative estimate of drug-likeness (QED) is 0.386. The van der Waals surface area contributed by atoms with Crippen LogP contribution in [0.1, 0.15) is 27.6 Å². The number of ether oxygens (including phenoxy) is 1. The van der Waals surface area contributed by atoms with E-state index in [1.165, 1.54) is 19.1 Å². The molecule has 0 saturated heterocycles. The lowest BCUT2D eigenvalue weighted by Crippen LogP contribution is -2.09. The lowest BCUT2D eigenvalue weighted by atomic mass is 10.1. The minimum absolute atomic E-state index is 0.0496. The molecule has 2 aromatic rings. The zero-order valence-corrected chi connectivity index (χ0v) is 10.9. The number of esters is 1. The van der Waals surface area contributed by atoms with E-state index in [0.717, 1.165) is 0 Å². The second kappa shape index (κ2) is 5.44. The van der Waals surface area contributed by atoms with E-state index in [9.17, 15) is 9.59 Å². The van der Waals surface area contributed by atoms with E-state index in [1.807, 2.05) is 0 Å². The zero-order valence-electron chi connectivity index (χ0n) is 10.9. The van der Waals surface area contributed by atoms with Gasteiger partial charge in [0.05, 0.1) is 5.56 Å². The second-order valence-electron chi connectivity index (χ2n) is 4.36. The van der Waals surface area contributed by atoms with Crippen LogP contribution in [0.3, 0.4) is 0 Å². The molecule has 4 N–H and O–H groups in total. The smallest absolute Gasteiger partial charge is 0.343 e. The van der Waals surface area contributed by atoms with E-state index >= 15 is 0 Å². The molecular formula is C15H14N2O3. The highest BCUT2D eigenvalue weighted by Gasteiger charge is 2.10. The van der Waals surface area contributed by atoms with Crippen molar-refractivity contribution in [2.24, 2.45) is 0 Å². The Kier molecular flexibility index (Phi) is 3.70. The van der Waals surface area contributed by atoms with Crippen molar-refractivity contribution < 1.29 is 14.3 Å². The molecule has 0 fully saturated rings. The minimum atomic E-state index is -0.556. The van der Waals surface area contributed by atoms with E-state index in [0.29, 0.717) is 22.7 Å². The van der Waals surface area contributed by atoms with Crippen molar-refractivity contribution in [3.63, 3.8) is 0 Å². The number of rotatable bonds is 3. The molecule has 0 unspecified atom stereocenters. The van der Waals surface area contributed by atoms with Gasteiger partial charge in [-0.1, -0.05) is 0 Å². The first-order valence-corrected chi connectivity index (χ1v) is 5.95. The lowest BCUT2D eigenvalue weighted by molar-refractivity contribution is 0.0735. The van der Waals surface area contributed by atoms with Crippen LogP contribution in [0.4, 0.5) is 11.4 Å². The maximum Gasteiger partial charge on any atom is 0.343 e. The van der Waals surface area contributed by atoms with Gasteiger partial charge < -0.3 is 16.2 Å². The Hall–Kier alpha value is -2.82. The predicted molar refractivity (Wildman–Crippen MR) is 76.7 cm³/mol. The van der Waals surface area contributed by atoms with Gasteiger partial charge in [0, 0.05) is 16.9 Å². The van der Waals surface area contributed by atoms with Gasteiger partial charge in [0.2, 0.25) is 0 Å². The third kappa shape index (κ3) is 3.14. The summed E-state index contributed by atoms with van der Waals surface area (Å²) in [6.07, 6.45) is 0. The summed E-state index contributed by atoms with van der Waals surface area (Å²) in [6.45, 7) is 1.47. The molecule has 0 atom stereocenters. The van der Waals surface area contributed by atoms with Crippen molar-refractivity contribution in [2.75, 3.05) is 11.5 Å². The highest BCUT2D eigenvalue weighted by molar-refractivity contribution is 5.95. The number of nitrogen functional groups attached to an aromatic ring is 2. The number of benzene rings is 2. The SMILES string of the molecule is CC(=O)c1ccc(OC(=O)c2cc(N)cc(N)c2)cc1. The largest absolute Gasteiger partial charge is 0.423 e. The Morgan fingerprint density at radius 1 is 0.900 bits per heavy atom. The van der Waals surface area contributed by atoms with Gasteiger partial charge in [-0.2, -0.15) is 0 Å². The van der Waals surface area contributed by atoms with Crippen LogP contribution in [0.15, 0.2) is 42.5 Å². The first-order valence-electron chi connectivity index (χ1n) is 5.95. The van der Waals surface area contributed by atoms with Gasteiger partial charge in [-0.05, 0) is 49.4 Å². The van der Waals surface area contributed by atoms with Crippen LogP contribution in [0.5, 0.6) is 5.75 Å². The molecule has 0 spiro atoms. The van der Waals surface area contributed by atoms with E-state index in [-0.39, 0.29) is 11.3 Å². The molecule has 0 radical (unpaired) electrons. The standard InChI is InChI=1S/C15H14N2O3/c1-9(18)10-2-4-14(5-3-10)20-15(19)11-6-12(16)8-13(17)7-11/h2-8H,16-17H2,1H3. The summed E-state index contributed by atoms with van der Waals surface area (Å²) in [5.41, 5.74) is 12.9. The molecule has 0 heterocycles. The molecule has 5 heteroatoms. The Labute approximate surface area is 116 Å². The van der Waals surface area contributed by atoms with Gasteiger partial charge in [0.15, 0.2) is 5.78 Å². The van der Waals surface area contributed by atoms with Crippen molar-refractivity contribution in [1.29, 1.82) is 0 Å². The van der Waals surface area contributed by atoms with E-state index in [1.54, 1.807) is 30.3 Å². The summed E-state index contributed by atoms with van der Waals surface area (Å²) in [4.78, 5) is 23.1. The van der Waals surface area contributed by atoms with Gasteiger partial charge in [-0.15, -0.1) is 0 Å². The fourth-order valence-electron chi connectivity index (χ4n) is 1.72. The molecule has 0 bridgehead atoms. The van der Waals surface area contributed by atoms with Gasteiger partial charge in [-0.25, -0.2) is 4.79 Å². The van der Waals surface area contributed by atoms with Gasteiger partial charge in [0.25, 0.3) is 0 Å². The van der Waals surface area contributed by atoms with Crippen LogP contribution in [0.25, 0.3) is 0 Å². The average Bonchev–Trinajstić information content (AvgIpc) is 2.38. The number of carbonyl (C=O) groups excluding carboxylic acids is 2. The number of hydrogen-bond donors (Lipinski definition) is 2. The highest BCUT2D eigenvalue weighted by atomic mass is 16.5. The van der Waals surface area contributed by atoms with Gasteiger partial charge in [-0.3, -0.25) is 4.79 Å². The molecule has 2 rings (SSSR count). The van der Waals surface area contributed by atoms with Crippen molar-refractivity contribution in [3.05, 3.63) is 53.6 Å². The lowest BCUT2D eigenvalue weighted by Gasteiger charge is -2.06. The summed E-state index contributed by atoms with van der Waals surface area (Å²) < 4.78 is 5.18. The molecule has 0 aliphatic carbocycles. The number of anilines is 2. The summed E-state index contributed by atoms with van der Waals surface area (Å²) in [6, 6.07) is 10.8. The molecule has 0 amide bonds. The molecular weight excluding hydrogens is 256 g/mol. The molecule has 20 heavy (non-hydrogen) atoms. The molecule has 2 aromatic carbocycles. The number of ketones is 1. The monoisotopic (exact) mass is 270 g/mol. The fourth-order valence-corrected chi connectivity index (χ4v) is 1.72. The van der Waals surface area contributed by atoms with E-state index in [4.69, 9.17) is 16.2 Å². The summed E-state index contributed by atoms with van der Waals surface area (Å²) in [5.74, 6) is -0.257. The first-order chi connectivity index (χ1) is 9.45. The Bertz CT molecular complexity index is 643. The maximum absolute atomic E-state index is 11.9.